The smallest absolute Gasteiger partial charge is 0.308 e. The molecule has 1 amide bonds. The Bertz CT molecular complexity index is 471. The number of carbonyl (C=O) groups excluding carboxylic acids is 1. The fraction of sp³-hybridized carbons (Fsp3) is 0.538. The van der Waals surface area contributed by atoms with Crippen LogP contribution in [0.2, 0.25) is 0 Å². The molecule has 0 aliphatic heterocycles. The highest BCUT2D eigenvalue weighted by Gasteiger charge is 2.31. The molecule has 1 aromatic rings. The third-order valence-electron chi connectivity index (χ3n) is 3.45. The van der Waals surface area contributed by atoms with Crippen LogP contribution < -0.4 is 5.32 Å². The number of halogens is 1. The quantitative estimate of drug-likeness (QED) is 0.835. The van der Waals surface area contributed by atoms with Crippen molar-refractivity contribution in [2.75, 3.05) is 0 Å². The second-order valence-corrected chi connectivity index (χ2v) is 5.55. The first kappa shape index (κ1) is 14.1. The van der Waals surface area contributed by atoms with Crippen molar-refractivity contribution in [2.45, 2.75) is 38.1 Å². The summed E-state index contributed by atoms with van der Waals surface area (Å²) in [6, 6.07) is 2.87. The zero-order chi connectivity index (χ0) is 13.8. The van der Waals surface area contributed by atoms with Crippen LogP contribution in [-0.4, -0.2) is 23.0 Å². The SMILES string of the molecule is O=C(N[C@H]1CCCCC[C@H]1C(=O)O)c1ccc(Br)o1. The van der Waals surface area contributed by atoms with Crippen LogP contribution in [0, 0.1) is 5.92 Å². The molecule has 5 nitrogen and oxygen atoms in total. The lowest BCUT2D eigenvalue weighted by molar-refractivity contribution is -0.142. The maximum atomic E-state index is 12.0. The van der Waals surface area contributed by atoms with Gasteiger partial charge >= 0.3 is 5.97 Å². The summed E-state index contributed by atoms with van der Waals surface area (Å²) < 4.78 is 5.65. The molecule has 0 radical (unpaired) electrons. The Morgan fingerprint density at radius 3 is 2.63 bits per heavy atom. The summed E-state index contributed by atoms with van der Waals surface area (Å²) in [7, 11) is 0. The van der Waals surface area contributed by atoms with E-state index in [2.05, 4.69) is 21.2 Å². The van der Waals surface area contributed by atoms with E-state index in [0.29, 0.717) is 17.5 Å². The summed E-state index contributed by atoms with van der Waals surface area (Å²) in [5, 5.41) is 12.0. The number of rotatable bonds is 3. The van der Waals surface area contributed by atoms with Gasteiger partial charge in [0.1, 0.15) is 0 Å². The van der Waals surface area contributed by atoms with E-state index in [1.165, 1.54) is 0 Å². The van der Waals surface area contributed by atoms with Crippen molar-refractivity contribution in [2.24, 2.45) is 5.92 Å². The van der Waals surface area contributed by atoms with Crippen LogP contribution >= 0.6 is 15.9 Å². The van der Waals surface area contributed by atoms with E-state index in [-0.39, 0.29) is 17.7 Å². The summed E-state index contributed by atoms with van der Waals surface area (Å²) in [4.78, 5) is 23.2. The van der Waals surface area contributed by atoms with Gasteiger partial charge in [0, 0.05) is 6.04 Å². The van der Waals surface area contributed by atoms with E-state index >= 15 is 0 Å². The largest absolute Gasteiger partial charge is 0.481 e. The predicted octanol–water partition coefficient (Wildman–Crippen LogP) is 2.81. The van der Waals surface area contributed by atoms with Crippen LogP contribution in [0.5, 0.6) is 0 Å². The Morgan fingerprint density at radius 1 is 1.26 bits per heavy atom. The van der Waals surface area contributed by atoms with Crippen LogP contribution in [-0.2, 0) is 4.79 Å². The van der Waals surface area contributed by atoms with Crippen molar-refractivity contribution in [1.82, 2.24) is 5.32 Å². The van der Waals surface area contributed by atoms with Crippen molar-refractivity contribution >= 4 is 27.8 Å². The van der Waals surface area contributed by atoms with E-state index in [1.807, 2.05) is 0 Å². The minimum atomic E-state index is -0.840. The third-order valence-corrected chi connectivity index (χ3v) is 3.87. The number of hydrogen-bond donors (Lipinski definition) is 2. The van der Waals surface area contributed by atoms with Gasteiger partial charge in [0.15, 0.2) is 10.4 Å². The number of carbonyl (C=O) groups is 2. The predicted molar refractivity (Wildman–Crippen MR) is 71.9 cm³/mol. The molecule has 1 saturated carbocycles. The van der Waals surface area contributed by atoms with Gasteiger partial charge in [0.2, 0.25) is 0 Å². The Kier molecular flexibility index (Phi) is 4.63. The lowest BCUT2D eigenvalue weighted by Crippen LogP contribution is -2.42. The second-order valence-electron chi connectivity index (χ2n) is 4.77. The Balaban J connectivity index is 2.06. The monoisotopic (exact) mass is 329 g/mol. The maximum Gasteiger partial charge on any atom is 0.308 e. The van der Waals surface area contributed by atoms with E-state index in [0.717, 1.165) is 19.3 Å². The van der Waals surface area contributed by atoms with Crippen LogP contribution in [0.4, 0.5) is 0 Å². The van der Waals surface area contributed by atoms with E-state index in [4.69, 9.17) is 4.42 Å². The highest BCUT2D eigenvalue weighted by Crippen LogP contribution is 2.24. The van der Waals surface area contributed by atoms with Gasteiger partial charge in [0.25, 0.3) is 5.91 Å². The zero-order valence-corrected chi connectivity index (χ0v) is 12.0. The first-order valence-corrected chi connectivity index (χ1v) is 7.16. The summed E-state index contributed by atoms with van der Waals surface area (Å²) in [6.45, 7) is 0. The number of carboxylic acid groups (broad SMARTS) is 1. The highest BCUT2D eigenvalue weighted by molar-refractivity contribution is 9.10. The van der Waals surface area contributed by atoms with Crippen LogP contribution in [0.1, 0.15) is 42.7 Å². The van der Waals surface area contributed by atoms with E-state index < -0.39 is 11.9 Å². The lowest BCUT2D eigenvalue weighted by atomic mass is 9.95. The fourth-order valence-corrected chi connectivity index (χ4v) is 2.76. The molecule has 19 heavy (non-hydrogen) atoms. The van der Waals surface area contributed by atoms with Gasteiger partial charge < -0.3 is 14.8 Å². The molecular formula is C13H16BrNO4. The molecule has 2 N–H and O–H groups in total. The first-order chi connectivity index (χ1) is 9.08. The first-order valence-electron chi connectivity index (χ1n) is 6.37. The van der Waals surface area contributed by atoms with E-state index in [1.54, 1.807) is 12.1 Å². The number of hydrogen-bond acceptors (Lipinski definition) is 3. The average molecular weight is 330 g/mol. The normalized spacial score (nSPS) is 23.6. The Morgan fingerprint density at radius 2 is 2.00 bits per heavy atom. The zero-order valence-electron chi connectivity index (χ0n) is 10.4. The molecule has 2 rings (SSSR count). The van der Waals surface area contributed by atoms with Crippen molar-refractivity contribution in [3.8, 4) is 0 Å². The molecule has 1 fully saturated rings. The summed E-state index contributed by atoms with van der Waals surface area (Å²) in [6.07, 6.45) is 4.17. The van der Waals surface area contributed by atoms with Gasteiger partial charge in [0.05, 0.1) is 5.92 Å². The van der Waals surface area contributed by atoms with Gasteiger partial charge in [-0.2, -0.15) is 0 Å². The van der Waals surface area contributed by atoms with Gasteiger partial charge in [-0.15, -0.1) is 0 Å². The summed E-state index contributed by atoms with van der Waals surface area (Å²) in [5.41, 5.74) is 0. The molecule has 6 heteroatoms. The molecule has 2 atom stereocenters. The van der Waals surface area contributed by atoms with E-state index in [9.17, 15) is 14.7 Å². The molecule has 104 valence electrons. The number of amides is 1. The van der Waals surface area contributed by atoms with Crippen molar-refractivity contribution < 1.29 is 19.1 Å². The van der Waals surface area contributed by atoms with Gasteiger partial charge in [-0.25, -0.2) is 0 Å². The number of carboxylic acids is 1. The molecule has 0 saturated heterocycles. The fourth-order valence-electron chi connectivity index (χ4n) is 2.45. The number of furan rings is 1. The molecule has 0 unspecified atom stereocenters. The van der Waals surface area contributed by atoms with Gasteiger partial charge in [-0.3, -0.25) is 9.59 Å². The Hall–Kier alpha value is -1.30. The van der Waals surface area contributed by atoms with Crippen molar-refractivity contribution in [3.05, 3.63) is 22.6 Å². The lowest BCUT2D eigenvalue weighted by Gasteiger charge is -2.22. The molecular weight excluding hydrogens is 314 g/mol. The van der Waals surface area contributed by atoms with Crippen LogP contribution in [0.25, 0.3) is 0 Å². The Labute approximate surface area is 119 Å². The standard InChI is InChI=1S/C13H16BrNO4/c14-11-7-6-10(19-11)12(16)15-9-5-3-1-2-4-8(9)13(17)18/h6-9H,1-5H2,(H,15,16)(H,17,18)/t8-,9+/m1/s1. The highest BCUT2D eigenvalue weighted by atomic mass is 79.9. The molecule has 1 heterocycles. The van der Waals surface area contributed by atoms with Crippen LogP contribution in [0.15, 0.2) is 21.2 Å². The number of nitrogens with one attached hydrogen (secondary N) is 1. The molecule has 1 aromatic heterocycles. The molecule has 0 aromatic carbocycles. The van der Waals surface area contributed by atoms with Crippen molar-refractivity contribution in [3.63, 3.8) is 0 Å². The second kappa shape index (κ2) is 6.23. The maximum absolute atomic E-state index is 12.0. The molecule has 1 aliphatic rings. The summed E-state index contributed by atoms with van der Waals surface area (Å²) in [5.74, 6) is -1.51. The summed E-state index contributed by atoms with van der Waals surface area (Å²) >= 11 is 3.13. The van der Waals surface area contributed by atoms with Crippen molar-refractivity contribution in [1.29, 1.82) is 0 Å². The minimum Gasteiger partial charge on any atom is -0.481 e. The molecule has 0 bridgehead atoms. The third kappa shape index (κ3) is 3.59. The van der Waals surface area contributed by atoms with Gasteiger partial charge in [-0.1, -0.05) is 19.3 Å². The van der Waals surface area contributed by atoms with Gasteiger partial charge in [-0.05, 0) is 40.9 Å². The molecule has 0 spiro atoms. The average Bonchev–Trinajstić information content (AvgIpc) is 2.65. The topological polar surface area (TPSA) is 79.5 Å². The number of aliphatic carboxylic acids is 1. The van der Waals surface area contributed by atoms with Crippen LogP contribution in [0.3, 0.4) is 0 Å². The molecule has 1 aliphatic carbocycles. The minimum absolute atomic E-state index is 0.195.